The number of hydrogen-bond donors (Lipinski definition) is 2. The van der Waals surface area contributed by atoms with Crippen molar-refractivity contribution in [2.75, 3.05) is 19.7 Å². The van der Waals surface area contributed by atoms with Gasteiger partial charge in [-0.1, -0.05) is 25.0 Å². The van der Waals surface area contributed by atoms with Crippen molar-refractivity contribution in [1.82, 2.24) is 15.8 Å². The fraction of sp³-hybridized carbons (Fsp3) is 0.611. The summed E-state index contributed by atoms with van der Waals surface area (Å²) in [6.07, 6.45) is 4.41. The smallest absolute Gasteiger partial charge is 0.241 e. The second kappa shape index (κ2) is 6.78. The quantitative estimate of drug-likeness (QED) is 0.866. The van der Waals surface area contributed by atoms with Gasteiger partial charge >= 0.3 is 0 Å². The van der Waals surface area contributed by atoms with Crippen LogP contribution in [0.5, 0.6) is 0 Å². The number of rotatable bonds is 2. The van der Waals surface area contributed by atoms with E-state index in [-0.39, 0.29) is 23.9 Å². The number of halogens is 1. The molecule has 3 fully saturated rings. The summed E-state index contributed by atoms with van der Waals surface area (Å²) in [7, 11) is 0. The maximum Gasteiger partial charge on any atom is 0.241 e. The van der Waals surface area contributed by atoms with E-state index in [0.717, 1.165) is 18.4 Å². The van der Waals surface area contributed by atoms with Gasteiger partial charge in [-0.2, -0.15) is 0 Å². The maximum absolute atomic E-state index is 13.5. The number of fused-ring (bicyclic) bond motifs is 1. The number of amides is 1. The lowest BCUT2D eigenvalue weighted by atomic mass is 9.81. The number of hydrogen-bond acceptors (Lipinski definition) is 4. The zero-order valence-corrected chi connectivity index (χ0v) is 13.7. The number of nitrogens with zero attached hydrogens (tertiary/aromatic N) is 1. The fourth-order valence-corrected chi connectivity index (χ4v) is 4.24. The van der Waals surface area contributed by atoms with Crippen LogP contribution in [0.15, 0.2) is 24.3 Å². The number of carbonyl (C=O) groups excluding carboxylic acids is 1. The highest BCUT2D eigenvalue weighted by Crippen LogP contribution is 2.32. The summed E-state index contributed by atoms with van der Waals surface area (Å²) < 4.78 is 19.2. The van der Waals surface area contributed by atoms with Crippen LogP contribution in [0.2, 0.25) is 0 Å². The second-order valence-electron chi connectivity index (χ2n) is 7.02. The Hall–Kier alpha value is -1.50. The molecular formula is C18H24FN3O2. The minimum atomic E-state index is -0.272. The second-order valence-corrected chi connectivity index (χ2v) is 7.02. The summed E-state index contributed by atoms with van der Waals surface area (Å²) in [5, 5.41) is 0. The number of morpholine rings is 1. The van der Waals surface area contributed by atoms with Gasteiger partial charge in [-0.15, -0.1) is 0 Å². The predicted octanol–water partition coefficient (Wildman–Crippen LogP) is 1.76. The van der Waals surface area contributed by atoms with E-state index < -0.39 is 0 Å². The van der Waals surface area contributed by atoms with Gasteiger partial charge in [0.15, 0.2) is 0 Å². The van der Waals surface area contributed by atoms with Gasteiger partial charge < -0.3 is 9.64 Å². The molecule has 1 saturated carbocycles. The fourth-order valence-electron chi connectivity index (χ4n) is 4.24. The van der Waals surface area contributed by atoms with E-state index >= 15 is 0 Å². The average molecular weight is 333 g/mol. The number of nitrogens with one attached hydrogen (secondary N) is 2. The monoisotopic (exact) mass is 333 g/mol. The molecule has 4 atom stereocenters. The van der Waals surface area contributed by atoms with Crippen LogP contribution in [0.1, 0.15) is 37.4 Å². The van der Waals surface area contributed by atoms with Crippen LogP contribution < -0.4 is 10.9 Å². The Morgan fingerprint density at radius 3 is 3.00 bits per heavy atom. The Bertz CT molecular complexity index is 612. The molecule has 2 heterocycles. The lowest BCUT2D eigenvalue weighted by Gasteiger charge is -2.36. The molecule has 4 rings (SSSR count). The van der Waals surface area contributed by atoms with Crippen molar-refractivity contribution < 1.29 is 13.9 Å². The summed E-state index contributed by atoms with van der Waals surface area (Å²) >= 11 is 0. The highest BCUT2D eigenvalue weighted by atomic mass is 19.1. The molecule has 1 aliphatic carbocycles. The molecule has 1 aromatic carbocycles. The topological polar surface area (TPSA) is 53.6 Å². The normalized spacial score (nSPS) is 33.3. The lowest BCUT2D eigenvalue weighted by molar-refractivity contribution is -0.142. The molecule has 4 unspecified atom stereocenters. The lowest BCUT2D eigenvalue weighted by Crippen LogP contribution is -2.52. The molecule has 1 aromatic rings. The summed E-state index contributed by atoms with van der Waals surface area (Å²) in [5.74, 6) is 0.245. The highest BCUT2D eigenvalue weighted by molar-refractivity contribution is 5.82. The summed E-state index contributed by atoms with van der Waals surface area (Å²) in [5.41, 5.74) is 7.31. The van der Waals surface area contributed by atoms with E-state index in [1.165, 1.54) is 25.0 Å². The van der Waals surface area contributed by atoms with Crippen LogP contribution in [-0.2, 0) is 9.53 Å². The Kier molecular flexibility index (Phi) is 4.52. The molecule has 2 N–H and O–H groups in total. The van der Waals surface area contributed by atoms with E-state index in [1.807, 2.05) is 11.0 Å². The van der Waals surface area contributed by atoms with Crippen molar-refractivity contribution in [3.63, 3.8) is 0 Å². The first-order chi connectivity index (χ1) is 11.7. The Morgan fingerprint density at radius 2 is 2.12 bits per heavy atom. The van der Waals surface area contributed by atoms with Crippen molar-refractivity contribution in [1.29, 1.82) is 0 Å². The molecule has 0 aromatic heterocycles. The number of carbonyl (C=O) groups is 1. The Labute approximate surface area is 141 Å². The molecule has 2 saturated heterocycles. The van der Waals surface area contributed by atoms with E-state index in [4.69, 9.17) is 4.74 Å². The van der Waals surface area contributed by atoms with Gasteiger partial charge in [-0.05, 0) is 30.5 Å². The Morgan fingerprint density at radius 1 is 1.25 bits per heavy atom. The molecule has 2 aliphatic heterocycles. The standard InChI is InChI=1S/C18H24FN3O2/c19-13-5-3-4-12(10-13)16-11-22(8-9-24-16)18(23)17-14-6-1-2-7-15(14)20-21-17/h3-5,10,14-17,20-21H,1-2,6-9,11H2. The van der Waals surface area contributed by atoms with Crippen LogP contribution in [0.25, 0.3) is 0 Å². The largest absolute Gasteiger partial charge is 0.370 e. The molecule has 24 heavy (non-hydrogen) atoms. The first-order valence-corrected chi connectivity index (χ1v) is 8.89. The van der Waals surface area contributed by atoms with Gasteiger partial charge in [0.1, 0.15) is 18.0 Å². The zero-order valence-electron chi connectivity index (χ0n) is 13.7. The first-order valence-electron chi connectivity index (χ1n) is 8.89. The van der Waals surface area contributed by atoms with Gasteiger partial charge in [0.2, 0.25) is 5.91 Å². The molecule has 6 heteroatoms. The predicted molar refractivity (Wildman–Crippen MR) is 87.5 cm³/mol. The van der Waals surface area contributed by atoms with Crippen LogP contribution in [0.4, 0.5) is 4.39 Å². The molecular weight excluding hydrogens is 309 g/mol. The van der Waals surface area contributed by atoms with Gasteiger partial charge in [-0.25, -0.2) is 9.82 Å². The van der Waals surface area contributed by atoms with Gasteiger partial charge in [0.25, 0.3) is 0 Å². The van der Waals surface area contributed by atoms with E-state index in [9.17, 15) is 9.18 Å². The van der Waals surface area contributed by atoms with E-state index in [0.29, 0.717) is 31.7 Å². The first kappa shape index (κ1) is 16.0. The molecule has 0 radical (unpaired) electrons. The SMILES string of the molecule is O=C(C1NNC2CCCCC21)N1CCOC(c2cccc(F)c2)C1. The Balaban J connectivity index is 1.45. The molecule has 0 spiro atoms. The minimum Gasteiger partial charge on any atom is -0.370 e. The average Bonchev–Trinajstić information content (AvgIpc) is 3.05. The summed E-state index contributed by atoms with van der Waals surface area (Å²) in [4.78, 5) is 14.9. The van der Waals surface area contributed by atoms with Crippen molar-refractivity contribution >= 4 is 5.91 Å². The maximum atomic E-state index is 13.5. The van der Waals surface area contributed by atoms with Crippen LogP contribution >= 0.6 is 0 Å². The van der Waals surface area contributed by atoms with Crippen molar-refractivity contribution in [2.45, 2.75) is 43.9 Å². The van der Waals surface area contributed by atoms with Crippen LogP contribution in [0, 0.1) is 11.7 Å². The summed E-state index contributed by atoms with van der Waals surface area (Å²) in [6.45, 7) is 1.57. The van der Waals surface area contributed by atoms with Gasteiger partial charge in [-0.3, -0.25) is 10.2 Å². The third kappa shape index (κ3) is 3.06. The molecule has 0 bridgehead atoms. The molecule has 5 nitrogen and oxygen atoms in total. The van der Waals surface area contributed by atoms with Crippen LogP contribution in [0.3, 0.4) is 0 Å². The third-order valence-electron chi connectivity index (χ3n) is 5.54. The van der Waals surface area contributed by atoms with Gasteiger partial charge in [0.05, 0.1) is 13.2 Å². The van der Waals surface area contributed by atoms with Crippen LogP contribution in [-0.4, -0.2) is 42.6 Å². The molecule has 1 amide bonds. The zero-order chi connectivity index (χ0) is 16.5. The van der Waals surface area contributed by atoms with E-state index in [1.54, 1.807) is 6.07 Å². The third-order valence-corrected chi connectivity index (χ3v) is 5.54. The summed E-state index contributed by atoms with van der Waals surface area (Å²) in [6, 6.07) is 6.71. The van der Waals surface area contributed by atoms with Crippen molar-refractivity contribution in [2.24, 2.45) is 5.92 Å². The number of ether oxygens (including phenoxy) is 1. The van der Waals surface area contributed by atoms with E-state index in [2.05, 4.69) is 10.9 Å². The molecule has 3 aliphatic rings. The van der Waals surface area contributed by atoms with Gasteiger partial charge in [0, 0.05) is 18.5 Å². The molecule has 130 valence electrons. The highest BCUT2D eigenvalue weighted by Gasteiger charge is 2.43. The van der Waals surface area contributed by atoms with Crippen molar-refractivity contribution in [3.05, 3.63) is 35.6 Å². The van der Waals surface area contributed by atoms with Crippen molar-refractivity contribution in [3.8, 4) is 0 Å². The number of benzene rings is 1. The minimum absolute atomic E-state index is 0.140. The number of hydrazine groups is 1.